The van der Waals surface area contributed by atoms with Crippen LogP contribution in [-0.4, -0.2) is 23.2 Å². The van der Waals surface area contributed by atoms with Crippen LogP contribution in [-0.2, 0) is 9.59 Å². The Morgan fingerprint density at radius 2 is 1.52 bits per heavy atom. The van der Waals surface area contributed by atoms with Gasteiger partial charge in [-0.1, -0.05) is 70.5 Å². The molecular formula is C19H19BrO3. The molecule has 0 unspecified atom stereocenters. The SMILES string of the molecule is CC(=O)CCC=O.O=C(CBr)c1ccc(-c2ccccc2)cc1. The number of hydrogen-bond acceptors (Lipinski definition) is 3. The number of ketones is 2. The maximum absolute atomic E-state index is 11.4. The van der Waals surface area contributed by atoms with Gasteiger partial charge in [-0.05, 0) is 18.1 Å². The molecule has 0 N–H and O–H groups in total. The number of Topliss-reactive ketones (excluding diaryl/α,β-unsaturated/α-hetero) is 2. The normalized spacial score (nSPS) is 9.48. The lowest BCUT2D eigenvalue weighted by atomic mass is 10.0. The van der Waals surface area contributed by atoms with E-state index in [0.29, 0.717) is 18.2 Å². The maximum atomic E-state index is 11.4. The van der Waals surface area contributed by atoms with Crippen LogP contribution < -0.4 is 0 Å². The molecule has 3 nitrogen and oxygen atoms in total. The van der Waals surface area contributed by atoms with Crippen LogP contribution in [0.15, 0.2) is 54.6 Å². The van der Waals surface area contributed by atoms with Gasteiger partial charge in [-0.15, -0.1) is 0 Å². The summed E-state index contributed by atoms with van der Waals surface area (Å²) < 4.78 is 0. The smallest absolute Gasteiger partial charge is 0.173 e. The van der Waals surface area contributed by atoms with Gasteiger partial charge in [-0.3, -0.25) is 4.79 Å². The van der Waals surface area contributed by atoms with E-state index in [2.05, 4.69) is 28.1 Å². The lowest BCUT2D eigenvalue weighted by Gasteiger charge is -2.02. The summed E-state index contributed by atoms with van der Waals surface area (Å²) in [5.41, 5.74) is 3.05. The Kier molecular flexibility index (Phi) is 8.76. The third kappa shape index (κ3) is 7.15. The van der Waals surface area contributed by atoms with E-state index in [-0.39, 0.29) is 11.6 Å². The molecule has 120 valence electrons. The van der Waals surface area contributed by atoms with Crippen molar-refractivity contribution in [3.63, 3.8) is 0 Å². The van der Waals surface area contributed by atoms with Crippen LogP contribution in [0.4, 0.5) is 0 Å². The summed E-state index contributed by atoms with van der Waals surface area (Å²) in [7, 11) is 0. The summed E-state index contributed by atoms with van der Waals surface area (Å²) in [5.74, 6) is 0.187. The van der Waals surface area contributed by atoms with Gasteiger partial charge in [0.25, 0.3) is 0 Å². The largest absolute Gasteiger partial charge is 0.303 e. The fraction of sp³-hybridized carbons (Fsp3) is 0.211. The van der Waals surface area contributed by atoms with Crippen LogP contribution in [0.25, 0.3) is 11.1 Å². The monoisotopic (exact) mass is 374 g/mol. The number of alkyl halides is 1. The fourth-order valence-electron chi connectivity index (χ4n) is 1.82. The summed E-state index contributed by atoms with van der Waals surface area (Å²) in [6.45, 7) is 1.48. The van der Waals surface area contributed by atoms with Gasteiger partial charge in [-0.25, -0.2) is 0 Å². The Morgan fingerprint density at radius 1 is 0.957 bits per heavy atom. The van der Waals surface area contributed by atoms with Crippen molar-refractivity contribution in [2.24, 2.45) is 0 Å². The molecule has 0 aromatic heterocycles. The zero-order valence-corrected chi connectivity index (χ0v) is 14.6. The van der Waals surface area contributed by atoms with Crippen molar-refractivity contribution in [1.82, 2.24) is 0 Å². The highest BCUT2D eigenvalue weighted by molar-refractivity contribution is 9.09. The van der Waals surface area contributed by atoms with Crippen molar-refractivity contribution in [3.05, 3.63) is 60.2 Å². The molecule has 0 bridgehead atoms. The topological polar surface area (TPSA) is 51.2 Å². The van der Waals surface area contributed by atoms with Crippen molar-refractivity contribution < 1.29 is 14.4 Å². The van der Waals surface area contributed by atoms with Gasteiger partial charge in [0.15, 0.2) is 5.78 Å². The van der Waals surface area contributed by atoms with Gasteiger partial charge in [0, 0.05) is 18.4 Å². The molecule has 0 saturated carbocycles. The molecule has 23 heavy (non-hydrogen) atoms. The molecule has 0 heterocycles. The summed E-state index contributed by atoms with van der Waals surface area (Å²) in [5, 5.41) is 0.373. The fourth-order valence-corrected chi connectivity index (χ4v) is 2.14. The van der Waals surface area contributed by atoms with Crippen molar-refractivity contribution >= 4 is 33.8 Å². The first-order chi connectivity index (χ1) is 11.1. The van der Waals surface area contributed by atoms with Crippen molar-refractivity contribution in [2.45, 2.75) is 19.8 Å². The minimum absolute atomic E-state index is 0.0760. The Morgan fingerprint density at radius 3 is 1.96 bits per heavy atom. The minimum Gasteiger partial charge on any atom is -0.303 e. The lowest BCUT2D eigenvalue weighted by molar-refractivity contribution is -0.118. The van der Waals surface area contributed by atoms with E-state index in [0.717, 1.165) is 17.4 Å². The third-order valence-electron chi connectivity index (χ3n) is 3.05. The molecule has 4 heteroatoms. The highest BCUT2D eigenvalue weighted by atomic mass is 79.9. The van der Waals surface area contributed by atoms with E-state index in [9.17, 15) is 14.4 Å². The Hall–Kier alpha value is -2.07. The number of hydrogen-bond donors (Lipinski definition) is 0. The highest BCUT2D eigenvalue weighted by Crippen LogP contribution is 2.19. The Balaban J connectivity index is 0.000000322. The van der Waals surface area contributed by atoms with Gasteiger partial charge in [0.05, 0.1) is 5.33 Å². The van der Waals surface area contributed by atoms with E-state index in [1.165, 1.54) is 12.5 Å². The number of aldehydes is 1. The molecule has 0 fully saturated rings. The molecule has 0 aliphatic rings. The van der Waals surface area contributed by atoms with E-state index in [1.54, 1.807) is 0 Å². The average molecular weight is 375 g/mol. The van der Waals surface area contributed by atoms with Gasteiger partial charge in [-0.2, -0.15) is 0 Å². The molecule has 0 aliphatic carbocycles. The number of carbonyl (C=O) groups is 3. The number of halogens is 1. The van der Waals surface area contributed by atoms with Crippen LogP contribution >= 0.6 is 15.9 Å². The van der Waals surface area contributed by atoms with Crippen molar-refractivity contribution in [1.29, 1.82) is 0 Å². The van der Waals surface area contributed by atoms with E-state index < -0.39 is 0 Å². The Bertz CT molecular complexity index is 633. The molecule has 2 aromatic carbocycles. The molecule has 2 rings (SSSR count). The highest BCUT2D eigenvalue weighted by Gasteiger charge is 2.03. The van der Waals surface area contributed by atoms with Gasteiger partial charge < -0.3 is 9.59 Å². The lowest BCUT2D eigenvalue weighted by Crippen LogP contribution is -1.98. The second-order valence-corrected chi connectivity index (χ2v) is 5.47. The summed E-state index contributed by atoms with van der Waals surface area (Å²) in [6, 6.07) is 17.8. The molecule has 0 radical (unpaired) electrons. The maximum Gasteiger partial charge on any atom is 0.173 e. The quantitative estimate of drug-likeness (QED) is 0.425. The molecular weight excluding hydrogens is 356 g/mol. The number of rotatable bonds is 6. The summed E-state index contributed by atoms with van der Waals surface area (Å²) in [6.07, 6.45) is 1.51. The molecule has 0 atom stereocenters. The zero-order valence-electron chi connectivity index (χ0n) is 13.0. The Labute approximate surface area is 144 Å². The van der Waals surface area contributed by atoms with Gasteiger partial charge in [0.2, 0.25) is 0 Å². The molecule has 0 spiro atoms. The predicted molar refractivity (Wildman–Crippen MR) is 96.0 cm³/mol. The number of carbonyl (C=O) groups excluding carboxylic acids is 3. The van der Waals surface area contributed by atoms with Crippen molar-refractivity contribution in [2.75, 3.05) is 5.33 Å². The van der Waals surface area contributed by atoms with Crippen molar-refractivity contribution in [3.8, 4) is 11.1 Å². The first kappa shape index (κ1) is 19.0. The summed E-state index contributed by atoms with van der Waals surface area (Å²) >= 11 is 3.17. The van der Waals surface area contributed by atoms with Crippen LogP contribution in [0.5, 0.6) is 0 Å². The minimum atomic E-state index is 0.0760. The molecule has 0 saturated heterocycles. The van der Waals surface area contributed by atoms with Crippen LogP contribution in [0.2, 0.25) is 0 Å². The van der Waals surface area contributed by atoms with Gasteiger partial charge >= 0.3 is 0 Å². The van der Waals surface area contributed by atoms with Crippen LogP contribution in [0.3, 0.4) is 0 Å². The van der Waals surface area contributed by atoms with Crippen LogP contribution in [0.1, 0.15) is 30.1 Å². The van der Waals surface area contributed by atoms with E-state index in [4.69, 9.17) is 0 Å². The second kappa shape index (κ2) is 10.6. The van der Waals surface area contributed by atoms with E-state index in [1.807, 2.05) is 42.5 Å². The standard InChI is InChI=1S/C14H11BrO.C5H8O2/c15-10-14(16)13-8-6-12(7-9-13)11-4-2-1-3-5-11;1-5(7)3-2-4-6/h1-9H,10H2;4H,2-3H2,1H3. The molecule has 0 aliphatic heterocycles. The molecule has 2 aromatic rings. The molecule has 0 amide bonds. The third-order valence-corrected chi connectivity index (χ3v) is 3.56. The summed E-state index contributed by atoms with van der Waals surface area (Å²) in [4.78, 5) is 31.0. The zero-order chi connectivity index (χ0) is 17.1. The van der Waals surface area contributed by atoms with Crippen LogP contribution in [0, 0.1) is 0 Å². The number of benzene rings is 2. The van der Waals surface area contributed by atoms with E-state index >= 15 is 0 Å². The van der Waals surface area contributed by atoms with Gasteiger partial charge in [0.1, 0.15) is 12.1 Å². The second-order valence-electron chi connectivity index (χ2n) is 4.91. The first-order valence-electron chi connectivity index (χ1n) is 7.26. The average Bonchev–Trinajstić information content (AvgIpc) is 2.60. The predicted octanol–water partition coefficient (Wildman–Crippen LogP) is 4.49. The first-order valence-corrected chi connectivity index (χ1v) is 8.38.